The molecule has 3 heteroatoms. The summed E-state index contributed by atoms with van der Waals surface area (Å²) in [6.45, 7) is 4.24. The predicted octanol–water partition coefficient (Wildman–Crippen LogP) is 3.83. The molecule has 1 unspecified atom stereocenters. The fraction of sp³-hybridized carbons (Fsp3) is 0.375. The van der Waals surface area contributed by atoms with E-state index in [1.165, 1.54) is 0 Å². The van der Waals surface area contributed by atoms with Crippen LogP contribution in [0.2, 0.25) is 0 Å². The second-order valence-corrected chi connectivity index (χ2v) is 5.14. The summed E-state index contributed by atoms with van der Waals surface area (Å²) in [4.78, 5) is 16.6. The molecule has 3 nitrogen and oxygen atoms in total. The van der Waals surface area contributed by atoms with Crippen LogP contribution in [0.5, 0.6) is 0 Å². The van der Waals surface area contributed by atoms with Gasteiger partial charge in [-0.3, -0.25) is 4.79 Å². The molecule has 0 radical (unpaired) electrons. The van der Waals surface area contributed by atoms with Crippen molar-refractivity contribution in [3.05, 3.63) is 36.0 Å². The first-order chi connectivity index (χ1) is 9.11. The van der Waals surface area contributed by atoms with Gasteiger partial charge in [-0.25, -0.2) is 4.98 Å². The molecule has 0 bridgehead atoms. The average molecular weight is 256 g/mol. The third-order valence-corrected chi connectivity index (χ3v) is 3.35. The van der Waals surface area contributed by atoms with Crippen LogP contribution in [0, 0.1) is 5.92 Å². The Morgan fingerprint density at radius 1 is 1.37 bits per heavy atom. The zero-order chi connectivity index (χ0) is 13.8. The Morgan fingerprint density at radius 2 is 2.11 bits per heavy atom. The number of carbonyl (C=O) groups is 1. The van der Waals surface area contributed by atoms with Crippen LogP contribution in [-0.4, -0.2) is 10.8 Å². The van der Waals surface area contributed by atoms with E-state index in [2.05, 4.69) is 18.8 Å². The predicted molar refractivity (Wildman–Crippen MR) is 79.2 cm³/mol. The van der Waals surface area contributed by atoms with Crippen molar-refractivity contribution < 1.29 is 4.79 Å². The average Bonchev–Trinajstić information content (AvgIpc) is 2.39. The van der Waals surface area contributed by atoms with E-state index in [1.54, 1.807) is 6.07 Å². The number of anilines is 1. The van der Waals surface area contributed by atoms with Crippen LogP contribution in [-0.2, 0) is 0 Å². The van der Waals surface area contributed by atoms with Crippen molar-refractivity contribution in [3.8, 4) is 0 Å². The van der Waals surface area contributed by atoms with Crippen molar-refractivity contribution in [1.82, 2.24) is 4.98 Å². The maximum absolute atomic E-state index is 12.2. The first kappa shape index (κ1) is 13.5. The molecule has 2 rings (SSSR count). The highest BCUT2D eigenvalue weighted by atomic mass is 16.1. The minimum Gasteiger partial charge on any atom is -0.398 e. The number of nitrogens with zero attached hydrogens (tertiary/aromatic N) is 1. The summed E-state index contributed by atoms with van der Waals surface area (Å²) in [6, 6.07) is 9.33. The number of nitrogens with two attached hydrogens (primary N) is 1. The van der Waals surface area contributed by atoms with Crippen LogP contribution in [0.1, 0.15) is 43.6 Å². The third kappa shape index (κ3) is 3.11. The summed E-state index contributed by atoms with van der Waals surface area (Å²) in [5.41, 5.74) is 7.89. The van der Waals surface area contributed by atoms with Gasteiger partial charge < -0.3 is 5.73 Å². The Labute approximate surface area is 113 Å². The van der Waals surface area contributed by atoms with E-state index in [0.717, 1.165) is 23.7 Å². The molecule has 0 amide bonds. The molecule has 0 aliphatic rings. The summed E-state index contributed by atoms with van der Waals surface area (Å²) in [5.74, 6) is 0.477. The van der Waals surface area contributed by atoms with Gasteiger partial charge in [0, 0.05) is 17.5 Å². The normalized spacial score (nSPS) is 12.5. The van der Waals surface area contributed by atoms with E-state index in [0.29, 0.717) is 23.7 Å². The van der Waals surface area contributed by atoms with Crippen LogP contribution in [0.25, 0.3) is 10.9 Å². The van der Waals surface area contributed by atoms with E-state index < -0.39 is 0 Å². The number of Topliss-reactive ketones (excluding diaryl/α,β-unsaturated/α-hetero) is 1. The van der Waals surface area contributed by atoms with Gasteiger partial charge in [0.1, 0.15) is 5.69 Å². The highest BCUT2D eigenvalue weighted by Gasteiger charge is 2.14. The van der Waals surface area contributed by atoms with Gasteiger partial charge in [0.25, 0.3) is 0 Å². The van der Waals surface area contributed by atoms with Crippen molar-refractivity contribution in [2.45, 2.75) is 33.1 Å². The molecule has 0 spiro atoms. The van der Waals surface area contributed by atoms with Crippen molar-refractivity contribution in [3.63, 3.8) is 0 Å². The molecule has 1 aromatic carbocycles. The van der Waals surface area contributed by atoms with Gasteiger partial charge in [0.15, 0.2) is 5.78 Å². The fourth-order valence-corrected chi connectivity index (χ4v) is 2.36. The summed E-state index contributed by atoms with van der Waals surface area (Å²) in [5, 5.41) is 0.903. The third-order valence-electron chi connectivity index (χ3n) is 3.35. The Bertz CT molecular complexity index is 592. The molecular formula is C16H20N2O. The molecule has 2 N–H and O–H groups in total. The Morgan fingerprint density at radius 3 is 2.84 bits per heavy atom. The summed E-state index contributed by atoms with van der Waals surface area (Å²) in [7, 11) is 0. The molecule has 0 aliphatic carbocycles. The minimum atomic E-state index is 0.0819. The van der Waals surface area contributed by atoms with Gasteiger partial charge in [-0.15, -0.1) is 0 Å². The Balaban J connectivity index is 2.28. The van der Waals surface area contributed by atoms with Crippen molar-refractivity contribution >= 4 is 22.4 Å². The molecule has 1 atom stereocenters. The molecule has 1 aromatic heterocycles. The summed E-state index contributed by atoms with van der Waals surface area (Å²) >= 11 is 0. The number of hydrogen-bond acceptors (Lipinski definition) is 3. The maximum Gasteiger partial charge on any atom is 0.181 e. The van der Waals surface area contributed by atoms with Crippen LogP contribution in [0.3, 0.4) is 0 Å². The zero-order valence-corrected chi connectivity index (χ0v) is 11.5. The van der Waals surface area contributed by atoms with E-state index >= 15 is 0 Å². The lowest BCUT2D eigenvalue weighted by molar-refractivity contribution is 0.0958. The molecule has 0 aliphatic heterocycles. The second-order valence-electron chi connectivity index (χ2n) is 5.14. The number of carbonyl (C=O) groups excluding carboxylic acids is 1. The van der Waals surface area contributed by atoms with Crippen LogP contribution in [0.4, 0.5) is 5.69 Å². The Kier molecular flexibility index (Phi) is 4.15. The smallest absolute Gasteiger partial charge is 0.181 e. The van der Waals surface area contributed by atoms with E-state index in [-0.39, 0.29) is 5.78 Å². The monoisotopic (exact) mass is 256 g/mol. The zero-order valence-electron chi connectivity index (χ0n) is 11.5. The first-order valence-electron chi connectivity index (χ1n) is 6.80. The molecule has 2 aromatic rings. The van der Waals surface area contributed by atoms with Crippen molar-refractivity contribution in [2.75, 3.05) is 5.73 Å². The van der Waals surface area contributed by atoms with Gasteiger partial charge in [-0.1, -0.05) is 44.9 Å². The van der Waals surface area contributed by atoms with Crippen LogP contribution < -0.4 is 5.73 Å². The van der Waals surface area contributed by atoms with Crippen molar-refractivity contribution in [1.29, 1.82) is 0 Å². The van der Waals surface area contributed by atoms with Crippen molar-refractivity contribution in [2.24, 2.45) is 5.92 Å². The number of benzene rings is 1. The van der Waals surface area contributed by atoms with Gasteiger partial charge in [-0.05, 0) is 18.1 Å². The molecular weight excluding hydrogens is 236 g/mol. The molecule has 0 fully saturated rings. The maximum atomic E-state index is 12.2. The number of ketones is 1. The van der Waals surface area contributed by atoms with Crippen LogP contribution in [0.15, 0.2) is 30.3 Å². The molecule has 100 valence electrons. The fourth-order valence-electron chi connectivity index (χ4n) is 2.36. The van der Waals surface area contributed by atoms with Crippen LogP contribution >= 0.6 is 0 Å². The van der Waals surface area contributed by atoms with Gasteiger partial charge >= 0.3 is 0 Å². The number of para-hydroxylation sites is 1. The highest BCUT2D eigenvalue weighted by Crippen LogP contribution is 2.22. The summed E-state index contributed by atoms with van der Waals surface area (Å²) in [6.07, 6.45) is 2.70. The van der Waals surface area contributed by atoms with E-state index in [1.807, 2.05) is 24.3 Å². The second kappa shape index (κ2) is 5.83. The quantitative estimate of drug-likeness (QED) is 0.827. The number of rotatable bonds is 5. The standard InChI is InChI=1S/C16H20N2O/c1-3-6-11(2)9-16(19)15-10-13(17)12-7-4-5-8-14(12)18-15/h4-5,7-8,10-11H,3,6,9H2,1-2H3,(H2,17,18). The van der Waals surface area contributed by atoms with E-state index in [9.17, 15) is 4.79 Å². The van der Waals surface area contributed by atoms with Gasteiger partial charge in [0.05, 0.1) is 5.52 Å². The lowest BCUT2D eigenvalue weighted by Crippen LogP contribution is -2.09. The molecule has 0 saturated heterocycles. The molecule has 19 heavy (non-hydrogen) atoms. The van der Waals surface area contributed by atoms with Gasteiger partial charge in [0.2, 0.25) is 0 Å². The largest absolute Gasteiger partial charge is 0.398 e. The first-order valence-corrected chi connectivity index (χ1v) is 6.80. The topological polar surface area (TPSA) is 56.0 Å². The van der Waals surface area contributed by atoms with E-state index in [4.69, 9.17) is 5.73 Å². The lowest BCUT2D eigenvalue weighted by atomic mass is 9.97. The SMILES string of the molecule is CCCC(C)CC(=O)c1cc(N)c2ccccc2n1. The highest BCUT2D eigenvalue weighted by molar-refractivity contribution is 6.00. The number of aromatic nitrogens is 1. The molecule has 0 saturated carbocycles. The lowest BCUT2D eigenvalue weighted by Gasteiger charge is -2.10. The number of hydrogen-bond donors (Lipinski definition) is 1. The van der Waals surface area contributed by atoms with Gasteiger partial charge in [-0.2, -0.15) is 0 Å². The molecule has 1 heterocycles. The minimum absolute atomic E-state index is 0.0819. The number of pyridine rings is 1. The number of nitrogen functional groups attached to an aromatic ring is 1. The Hall–Kier alpha value is -1.90. The summed E-state index contributed by atoms with van der Waals surface area (Å²) < 4.78 is 0. The number of fused-ring (bicyclic) bond motifs is 1.